The molecule has 0 saturated carbocycles. The van der Waals surface area contributed by atoms with E-state index >= 15 is 0 Å². The van der Waals surface area contributed by atoms with Crippen LogP contribution in [-0.4, -0.2) is 41.2 Å². The summed E-state index contributed by atoms with van der Waals surface area (Å²) < 4.78 is 46.3. The van der Waals surface area contributed by atoms with Gasteiger partial charge in [-0.3, -0.25) is 9.78 Å². The molecule has 3 aromatic rings. The summed E-state index contributed by atoms with van der Waals surface area (Å²) in [5.41, 5.74) is 1.33. The number of rotatable bonds is 7. The Labute approximate surface area is 201 Å². The fraction of sp³-hybridized carbons (Fsp3) is 0.440. The van der Waals surface area contributed by atoms with E-state index in [0.717, 1.165) is 49.9 Å². The van der Waals surface area contributed by atoms with Gasteiger partial charge < -0.3 is 14.2 Å². The standard InChI is InChI=1S/C25H27ClF3N3O2/c1-34-19-15-23-22(30-16-19)6-7-24(33)32(23)13-12-31-10-8-17(9-11-31)2-3-18-4-5-21(26)20(14-18)25(27,28)29/h4-7,14-17H,2-3,8-13H2,1H3. The molecule has 9 heteroatoms. The monoisotopic (exact) mass is 493 g/mol. The molecule has 1 aromatic carbocycles. The maximum Gasteiger partial charge on any atom is 0.417 e. The lowest BCUT2D eigenvalue weighted by molar-refractivity contribution is -0.137. The highest BCUT2D eigenvalue weighted by atomic mass is 35.5. The molecular weight excluding hydrogens is 467 g/mol. The highest BCUT2D eigenvalue weighted by molar-refractivity contribution is 6.31. The van der Waals surface area contributed by atoms with Crippen molar-refractivity contribution in [2.45, 2.75) is 38.4 Å². The molecule has 1 aliphatic rings. The molecule has 0 aliphatic carbocycles. The summed E-state index contributed by atoms with van der Waals surface area (Å²) in [6.45, 7) is 3.11. The predicted octanol–water partition coefficient (Wildman–Crippen LogP) is 5.42. The van der Waals surface area contributed by atoms with Crippen LogP contribution in [0.15, 0.2) is 47.4 Å². The number of hydrogen-bond donors (Lipinski definition) is 0. The van der Waals surface area contributed by atoms with Crippen LogP contribution in [0, 0.1) is 5.92 Å². The van der Waals surface area contributed by atoms with Gasteiger partial charge >= 0.3 is 6.18 Å². The van der Waals surface area contributed by atoms with Crippen LogP contribution in [0.5, 0.6) is 5.75 Å². The van der Waals surface area contributed by atoms with Gasteiger partial charge in [0, 0.05) is 25.2 Å². The van der Waals surface area contributed by atoms with Gasteiger partial charge in [-0.1, -0.05) is 17.7 Å². The van der Waals surface area contributed by atoms with Crippen LogP contribution in [-0.2, 0) is 19.1 Å². The van der Waals surface area contributed by atoms with Crippen molar-refractivity contribution in [1.82, 2.24) is 14.5 Å². The van der Waals surface area contributed by atoms with Gasteiger partial charge in [-0.05, 0) is 68.5 Å². The second-order valence-electron chi connectivity index (χ2n) is 8.74. The third kappa shape index (κ3) is 5.73. The highest BCUT2D eigenvalue weighted by Crippen LogP contribution is 2.35. The smallest absolute Gasteiger partial charge is 0.417 e. The van der Waals surface area contributed by atoms with Crippen LogP contribution < -0.4 is 10.3 Å². The lowest BCUT2D eigenvalue weighted by Crippen LogP contribution is -2.37. The summed E-state index contributed by atoms with van der Waals surface area (Å²) >= 11 is 5.72. The Kier molecular flexibility index (Phi) is 7.48. The van der Waals surface area contributed by atoms with Crippen molar-refractivity contribution in [3.8, 4) is 5.75 Å². The summed E-state index contributed by atoms with van der Waals surface area (Å²) in [7, 11) is 1.57. The summed E-state index contributed by atoms with van der Waals surface area (Å²) in [5, 5.41) is -0.260. The zero-order chi connectivity index (χ0) is 24.3. The minimum Gasteiger partial charge on any atom is -0.495 e. The number of alkyl halides is 3. The molecule has 182 valence electrons. The Morgan fingerprint density at radius 3 is 2.59 bits per heavy atom. The number of likely N-dealkylation sites (tertiary alicyclic amines) is 1. The van der Waals surface area contributed by atoms with E-state index in [-0.39, 0.29) is 10.6 Å². The van der Waals surface area contributed by atoms with E-state index in [1.54, 1.807) is 30.0 Å². The topological polar surface area (TPSA) is 47.4 Å². The fourth-order valence-corrected chi connectivity index (χ4v) is 4.77. The van der Waals surface area contributed by atoms with Crippen molar-refractivity contribution < 1.29 is 17.9 Å². The zero-order valence-electron chi connectivity index (χ0n) is 18.9. The Hall–Kier alpha value is -2.58. The van der Waals surface area contributed by atoms with E-state index in [0.29, 0.717) is 30.2 Å². The maximum absolute atomic E-state index is 13.1. The van der Waals surface area contributed by atoms with Gasteiger partial charge in [-0.25, -0.2) is 0 Å². The highest BCUT2D eigenvalue weighted by Gasteiger charge is 2.33. The zero-order valence-corrected chi connectivity index (χ0v) is 19.7. The molecule has 4 rings (SSSR count). The van der Waals surface area contributed by atoms with Gasteiger partial charge in [0.05, 0.1) is 34.9 Å². The van der Waals surface area contributed by atoms with Crippen LogP contribution in [0.25, 0.3) is 11.0 Å². The molecule has 2 aromatic heterocycles. The van der Waals surface area contributed by atoms with Crippen molar-refractivity contribution in [3.63, 3.8) is 0 Å². The molecule has 0 spiro atoms. The van der Waals surface area contributed by atoms with E-state index in [1.807, 2.05) is 6.07 Å². The second-order valence-corrected chi connectivity index (χ2v) is 9.15. The van der Waals surface area contributed by atoms with Crippen LogP contribution in [0.4, 0.5) is 13.2 Å². The number of aryl methyl sites for hydroxylation is 1. The number of hydrogen-bond acceptors (Lipinski definition) is 4. The van der Waals surface area contributed by atoms with E-state index < -0.39 is 11.7 Å². The fourth-order valence-electron chi connectivity index (χ4n) is 4.55. The van der Waals surface area contributed by atoms with Gasteiger partial charge in [-0.15, -0.1) is 0 Å². The molecule has 1 fully saturated rings. The summed E-state index contributed by atoms with van der Waals surface area (Å²) in [4.78, 5) is 19.2. The number of benzene rings is 1. The number of methoxy groups -OCH3 is 1. The number of aromatic nitrogens is 2. The van der Waals surface area contributed by atoms with Crippen molar-refractivity contribution in [1.29, 1.82) is 0 Å². The summed E-state index contributed by atoms with van der Waals surface area (Å²) in [6.07, 6.45) is 0.618. The molecule has 0 N–H and O–H groups in total. The average molecular weight is 494 g/mol. The molecule has 0 unspecified atom stereocenters. The molecule has 1 aliphatic heterocycles. The van der Waals surface area contributed by atoms with E-state index in [1.165, 1.54) is 18.2 Å². The lowest BCUT2D eigenvalue weighted by atomic mass is 9.90. The molecular formula is C25H27ClF3N3O2. The molecule has 34 heavy (non-hydrogen) atoms. The molecule has 0 atom stereocenters. The van der Waals surface area contributed by atoms with Crippen molar-refractivity contribution in [2.24, 2.45) is 5.92 Å². The van der Waals surface area contributed by atoms with Gasteiger partial charge in [-0.2, -0.15) is 13.2 Å². The normalized spacial score (nSPS) is 15.7. The number of halogens is 4. The Morgan fingerprint density at radius 1 is 1.12 bits per heavy atom. The average Bonchev–Trinajstić information content (AvgIpc) is 2.82. The first-order valence-corrected chi connectivity index (χ1v) is 11.7. The van der Waals surface area contributed by atoms with Gasteiger partial charge in [0.25, 0.3) is 5.56 Å². The third-order valence-electron chi connectivity index (χ3n) is 6.57. The largest absolute Gasteiger partial charge is 0.495 e. The minimum atomic E-state index is -4.44. The Morgan fingerprint density at radius 2 is 1.88 bits per heavy atom. The van der Waals surface area contributed by atoms with Crippen LogP contribution in [0.2, 0.25) is 5.02 Å². The molecule has 0 bridgehead atoms. The number of fused-ring (bicyclic) bond motifs is 1. The number of piperidine rings is 1. The number of nitrogens with zero attached hydrogens (tertiary/aromatic N) is 3. The maximum atomic E-state index is 13.1. The van der Waals surface area contributed by atoms with E-state index in [4.69, 9.17) is 16.3 Å². The molecule has 0 amide bonds. The predicted molar refractivity (Wildman–Crippen MR) is 126 cm³/mol. The lowest BCUT2D eigenvalue weighted by Gasteiger charge is -2.32. The number of ether oxygens (including phenoxy) is 1. The number of pyridine rings is 2. The van der Waals surface area contributed by atoms with Crippen molar-refractivity contribution in [3.05, 3.63) is 69.1 Å². The van der Waals surface area contributed by atoms with E-state index in [9.17, 15) is 18.0 Å². The Balaban J connectivity index is 1.31. The molecule has 3 heterocycles. The first-order chi connectivity index (χ1) is 16.2. The van der Waals surface area contributed by atoms with Gasteiger partial charge in [0.15, 0.2) is 0 Å². The molecule has 0 radical (unpaired) electrons. The summed E-state index contributed by atoms with van der Waals surface area (Å²) in [6, 6.07) is 9.27. The van der Waals surface area contributed by atoms with Gasteiger partial charge in [0.2, 0.25) is 0 Å². The van der Waals surface area contributed by atoms with Crippen LogP contribution in [0.1, 0.15) is 30.4 Å². The van der Waals surface area contributed by atoms with Crippen molar-refractivity contribution in [2.75, 3.05) is 26.7 Å². The third-order valence-corrected chi connectivity index (χ3v) is 6.90. The molecule has 5 nitrogen and oxygen atoms in total. The summed E-state index contributed by atoms with van der Waals surface area (Å²) in [5.74, 6) is 1.07. The first-order valence-electron chi connectivity index (χ1n) is 11.4. The SMILES string of the molecule is COc1cnc2ccc(=O)n(CCN3CCC(CCc4ccc(Cl)c(C(F)(F)F)c4)CC3)c2c1. The van der Waals surface area contributed by atoms with Gasteiger partial charge in [0.1, 0.15) is 5.75 Å². The minimum absolute atomic E-state index is 0.0707. The van der Waals surface area contributed by atoms with Crippen LogP contribution >= 0.6 is 11.6 Å². The second kappa shape index (κ2) is 10.4. The Bertz CT molecular complexity index is 1200. The van der Waals surface area contributed by atoms with Crippen LogP contribution in [0.3, 0.4) is 0 Å². The quantitative estimate of drug-likeness (QED) is 0.441. The first kappa shape index (κ1) is 24.5. The van der Waals surface area contributed by atoms with Crippen molar-refractivity contribution >= 4 is 22.6 Å². The molecule has 1 saturated heterocycles. The van der Waals surface area contributed by atoms with E-state index in [2.05, 4.69) is 9.88 Å².